The number of nitrogens with zero attached hydrogens (tertiary/aromatic N) is 5. The molecule has 1 aliphatic heterocycles. The van der Waals surface area contributed by atoms with Crippen LogP contribution in [0.5, 0.6) is 0 Å². The van der Waals surface area contributed by atoms with Gasteiger partial charge in [-0.3, -0.25) is 4.79 Å². The number of rotatable bonds is 6. The van der Waals surface area contributed by atoms with E-state index in [4.69, 9.17) is 0 Å². The summed E-state index contributed by atoms with van der Waals surface area (Å²) in [6, 6.07) is 12.7. The Morgan fingerprint density at radius 3 is 2.60 bits per heavy atom. The van der Waals surface area contributed by atoms with Gasteiger partial charge in [0.25, 0.3) is 5.91 Å². The summed E-state index contributed by atoms with van der Waals surface area (Å²) >= 11 is 0. The molecule has 1 aliphatic rings. The molecule has 2 N–H and O–H groups in total. The van der Waals surface area contributed by atoms with Crippen molar-refractivity contribution in [3.05, 3.63) is 60.0 Å². The highest BCUT2D eigenvalue weighted by Gasteiger charge is 2.16. The highest BCUT2D eigenvalue weighted by atomic mass is 16.1. The van der Waals surface area contributed by atoms with Crippen LogP contribution in [0.3, 0.4) is 0 Å². The first-order valence-corrected chi connectivity index (χ1v) is 10.3. The van der Waals surface area contributed by atoms with Crippen LogP contribution in [0.25, 0.3) is 0 Å². The summed E-state index contributed by atoms with van der Waals surface area (Å²) < 4.78 is 0. The third kappa shape index (κ3) is 4.89. The number of piperidine rings is 1. The minimum Gasteiger partial charge on any atom is -0.341 e. The van der Waals surface area contributed by atoms with E-state index < -0.39 is 0 Å². The van der Waals surface area contributed by atoms with Gasteiger partial charge in [-0.15, -0.1) is 0 Å². The van der Waals surface area contributed by atoms with Crippen molar-refractivity contribution in [3.8, 4) is 0 Å². The Morgan fingerprint density at radius 1 is 1.03 bits per heavy atom. The average Bonchev–Trinajstić information content (AvgIpc) is 2.80. The Kier molecular flexibility index (Phi) is 6.12. The lowest BCUT2D eigenvalue weighted by Gasteiger charge is -2.26. The first kappa shape index (κ1) is 19.8. The molecule has 3 heterocycles. The normalized spacial score (nSPS) is 13.7. The first-order chi connectivity index (χ1) is 14.7. The Bertz CT molecular complexity index is 1000. The zero-order valence-corrected chi connectivity index (χ0v) is 17.0. The number of aromatic nitrogens is 4. The molecular formula is C22H25N7O. The van der Waals surface area contributed by atoms with E-state index in [1.807, 2.05) is 37.3 Å². The number of pyridine rings is 1. The summed E-state index contributed by atoms with van der Waals surface area (Å²) in [6.45, 7) is 3.94. The van der Waals surface area contributed by atoms with E-state index in [9.17, 15) is 4.79 Å². The summed E-state index contributed by atoms with van der Waals surface area (Å²) in [5, 5.41) is 6.01. The number of aryl methyl sites for hydroxylation is 1. The van der Waals surface area contributed by atoms with Crippen LogP contribution in [0.2, 0.25) is 0 Å². The molecule has 1 amide bonds. The quantitative estimate of drug-likeness (QED) is 0.646. The predicted molar refractivity (Wildman–Crippen MR) is 117 cm³/mol. The molecular weight excluding hydrogens is 378 g/mol. The van der Waals surface area contributed by atoms with Gasteiger partial charge < -0.3 is 15.5 Å². The van der Waals surface area contributed by atoms with Crippen molar-refractivity contribution < 1.29 is 4.79 Å². The van der Waals surface area contributed by atoms with Gasteiger partial charge in [0, 0.05) is 37.0 Å². The second-order valence-electron chi connectivity index (χ2n) is 7.15. The summed E-state index contributed by atoms with van der Waals surface area (Å²) in [4.78, 5) is 32.8. The zero-order chi connectivity index (χ0) is 20.8. The maximum absolute atomic E-state index is 12.6. The predicted octanol–water partition coefficient (Wildman–Crippen LogP) is 3.82. The third-order valence-corrected chi connectivity index (χ3v) is 4.92. The average molecular weight is 403 g/mol. The number of para-hydroxylation sites is 1. The molecule has 154 valence electrons. The minimum atomic E-state index is -0.203. The van der Waals surface area contributed by atoms with Gasteiger partial charge in [-0.05, 0) is 43.5 Å². The van der Waals surface area contributed by atoms with E-state index in [1.54, 1.807) is 18.3 Å². The lowest BCUT2D eigenvalue weighted by molar-refractivity contribution is 0.102. The van der Waals surface area contributed by atoms with Gasteiger partial charge in [-0.25, -0.2) is 4.98 Å². The molecule has 1 fully saturated rings. The number of benzene rings is 1. The molecule has 0 spiro atoms. The number of hydrogen-bond acceptors (Lipinski definition) is 7. The summed E-state index contributed by atoms with van der Waals surface area (Å²) in [7, 11) is 0. The molecule has 3 aromatic rings. The van der Waals surface area contributed by atoms with Gasteiger partial charge in [0.05, 0.1) is 0 Å². The fraction of sp³-hybridized carbons (Fsp3) is 0.318. The van der Waals surface area contributed by atoms with Crippen molar-refractivity contribution >= 4 is 29.3 Å². The van der Waals surface area contributed by atoms with Gasteiger partial charge in [0.1, 0.15) is 11.6 Å². The highest BCUT2D eigenvalue weighted by Crippen LogP contribution is 2.19. The number of amides is 1. The standard InChI is InChI=1S/C22H25N7O/c1-2-18-25-21(28-22(27-18)29-13-7-4-8-14-29)26-19-15-16(11-12-23-19)20(30)24-17-9-5-3-6-10-17/h3,5-6,9-12,15H,2,4,7-8,13-14H2,1H3,(H,24,30)(H,23,25,26,27,28). The first-order valence-electron chi connectivity index (χ1n) is 10.3. The topological polar surface area (TPSA) is 95.9 Å². The molecule has 8 heteroatoms. The summed E-state index contributed by atoms with van der Waals surface area (Å²) in [5.41, 5.74) is 1.24. The van der Waals surface area contributed by atoms with Crippen LogP contribution in [0.1, 0.15) is 42.4 Å². The highest BCUT2D eigenvalue weighted by molar-refractivity contribution is 6.04. The number of hydrogen-bond donors (Lipinski definition) is 2. The summed E-state index contributed by atoms with van der Waals surface area (Å²) in [6.07, 6.45) is 5.85. The van der Waals surface area contributed by atoms with Crippen LogP contribution in [0, 0.1) is 0 Å². The van der Waals surface area contributed by atoms with Gasteiger partial charge in [0.2, 0.25) is 11.9 Å². The van der Waals surface area contributed by atoms with Crippen LogP contribution in [-0.4, -0.2) is 38.9 Å². The van der Waals surface area contributed by atoms with Crippen LogP contribution in [0.4, 0.5) is 23.4 Å². The van der Waals surface area contributed by atoms with Gasteiger partial charge in [0.15, 0.2) is 0 Å². The second-order valence-corrected chi connectivity index (χ2v) is 7.15. The van der Waals surface area contributed by atoms with E-state index >= 15 is 0 Å². The van der Waals surface area contributed by atoms with Gasteiger partial charge in [-0.1, -0.05) is 25.1 Å². The van der Waals surface area contributed by atoms with Crippen LogP contribution >= 0.6 is 0 Å². The maximum Gasteiger partial charge on any atom is 0.255 e. The molecule has 1 aromatic carbocycles. The molecule has 0 bridgehead atoms. The van der Waals surface area contributed by atoms with Gasteiger partial charge >= 0.3 is 0 Å². The van der Waals surface area contributed by atoms with Crippen molar-refractivity contribution in [2.45, 2.75) is 32.6 Å². The fourth-order valence-electron chi connectivity index (χ4n) is 3.34. The Balaban J connectivity index is 1.52. The zero-order valence-electron chi connectivity index (χ0n) is 17.0. The van der Waals surface area contributed by atoms with E-state index in [0.717, 1.165) is 37.4 Å². The number of nitrogens with one attached hydrogen (secondary N) is 2. The molecule has 0 aliphatic carbocycles. The Morgan fingerprint density at radius 2 is 1.83 bits per heavy atom. The lowest BCUT2D eigenvalue weighted by atomic mass is 10.1. The van der Waals surface area contributed by atoms with Crippen molar-refractivity contribution in [1.29, 1.82) is 0 Å². The van der Waals surface area contributed by atoms with Crippen molar-refractivity contribution in [2.24, 2.45) is 0 Å². The third-order valence-electron chi connectivity index (χ3n) is 4.92. The smallest absolute Gasteiger partial charge is 0.255 e. The molecule has 2 aromatic heterocycles. The maximum atomic E-state index is 12.6. The number of anilines is 4. The van der Waals surface area contributed by atoms with Crippen LogP contribution < -0.4 is 15.5 Å². The fourth-order valence-corrected chi connectivity index (χ4v) is 3.34. The largest absolute Gasteiger partial charge is 0.341 e. The molecule has 4 rings (SSSR count). The SMILES string of the molecule is CCc1nc(Nc2cc(C(=O)Nc3ccccc3)ccn2)nc(N2CCCCC2)n1. The number of carbonyl (C=O) groups is 1. The van der Waals surface area contributed by atoms with E-state index in [0.29, 0.717) is 29.7 Å². The molecule has 0 saturated carbocycles. The Labute approximate surface area is 175 Å². The monoisotopic (exact) mass is 403 g/mol. The summed E-state index contributed by atoms with van der Waals surface area (Å²) in [5.74, 6) is 2.17. The van der Waals surface area contributed by atoms with Gasteiger partial charge in [-0.2, -0.15) is 15.0 Å². The Hall–Kier alpha value is -3.55. The van der Waals surface area contributed by atoms with Crippen LogP contribution in [-0.2, 0) is 6.42 Å². The number of carbonyl (C=O) groups excluding carboxylic acids is 1. The molecule has 1 saturated heterocycles. The molecule has 0 radical (unpaired) electrons. The molecule has 0 unspecified atom stereocenters. The van der Waals surface area contributed by atoms with Crippen molar-refractivity contribution in [2.75, 3.05) is 28.6 Å². The van der Waals surface area contributed by atoms with Crippen molar-refractivity contribution in [1.82, 2.24) is 19.9 Å². The minimum absolute atomic E-state index is 0.203. The van der Waals surface area contributed by atoms with Crippen molar-refractivity contribution in [3.63, 3.8) is 0 Å². The second kappa shape index (κ2) is 9.30. The lowest BCUT2D eigenvalue weighted by Crippen LogP contribution is -2.31. The molecule has 0 atom stereocenters. The van der Waals surface area contributed by atoms with E-state index in [-0.39, 0.29) is 5.91 Å². The molecule has 30 heavy (non-hydrogen) atoms. The molecule has 8 nitrogen and oxygen atoms in total. The van der Waals surface area contributed by atoms with E-state index in [2.05, 4.69) is 35.5 Å². The van der Waals surface area contributed by atoms with E-state index in [1.165, 1.54) is 6.42 Å². The van der Waals surface area contributed by atoms with Crippen LogP contribution in [0.15, 0.2) is 48.7 Å².